The fourth-order valence-electron chi connectivity index (χ4n) is 1.93. The maximum atomic E-state index is 12.1. The number of carboxylic acid groups (broad SMARTS) is 1. The van der Waals surface area contributed by atoms with Crippen molar-refractivity contribution in [2.24, 2.45) is 5.92 Å². The normalized spacial score (nSPS) is 12.1. The van der Waals surface area contributed by atoms with Gasteiger partial charge in [0.25, 0.3) is 5.91 Å². The molecule has 2 N–H and O–H groups in total. The first-order chi connectivity index (χ1) is 9.99. The monoisotopic (exact) mass is 287 g/mol. The third-order valence-corrected chi connectivity index (χ3v) is 3.15. The van der Waals surface area contributed by atoms with Crippen molar-refractivity contribution in [2.45, 2.75) is 19.9 Å². The Kier molecular flexibility index (Phi) is 4.37. The molecule has 0 spiro atoms. The molecule has 6 nitrogen and oxygen atoms in total. The Labute approximate surface area is 122 Å². The molecule has 0 aliphatic heterocycles. The predicted octanol–water partition coefficient (Wildman–Crippen LogP) is 1.71. The van der Waals surface area contributed by atoms with Gasteiger partial charge in [-0.3, -0.25) is 4.79 Å². The largest absolute Gasteiger partial charge is 0.480 e. The number of benzene rings is 1. The minimum Gasteiger partial charge on any atom is -0.480 e. The molecule has 6 heteroatoms. The summed E-state index contributed by atoms with van der Waals surface area (Å²) >= 11 is 0. The van der Waals surface area contributed by atoms with Gasteiger partial charge in [0.2, 0.25) is 0 Å². The van der Waals surface area contributed by atoms with E-state index in [9.17, 15) is 9.59 Å². The van der Waals surface area contributed by atoms with E-state index in [1.807, 2.05) is 4.57 Å². The molecule has 1 aromatic heterocycles. The van der Waals surface area contributed by atoms with E-state index in [0.29, 0.717) is 5.56 Å². The molecule has 0 fully saturated rings. The number of imidazole rings is 1. The number of carbonyl (C=O) groups excluding carboxylic acids is 1. The summed E-state index contributed by atoms with van der Waals surface area (Å²) in [6.45, 7) is 3.50. The topological polar surface area (TPSA) is 84.2 Å². The minimum atomic E-state index is -1.03. The van der Waals surface area contributed by atoms with Crippen LogP contribution in [0.2, 0.25) is 0 Å². The molecule has 0 saturated carbocycles. The molecule has 0 radical (unpaired) electrons. The van der Waals surface area contributed by atoms with Crippen molar-refractivity contribution in [3.8, 4) is 5.69 Å². The first kappa shape index (κ1) is 14.8. The molecule has 110 valence electrons. The molecule has 0 aliphatic rings. The molecule has 0 aliphatic carbocycles. The molecule has 0 unspecified atom stereocenters. The van der Waals surface area contributed by atoms with Crippen LogP contribution in [0.1, 0.15) is 24.2 Å². The summed E-state index contributed by atoms with van der Waals surface area (Å²) in [4.78, 5) is 27.1. The zero-order chi connectivity index (χ0) is 15.4. The Morgan fingerprint density at radius 3 is 2.38 bits per heavy atom. The van der Waals surface area contributed by atoms with Crippen LogP contribution in [-0.2, 0) is 4.79 Å². The molecule has 1 heterocycles. The van der Waals surface area contributed by atoms with Gasteiger partial charge in [-0.1, -0.05) is 13.8 Å². The molecule has 21 heavy (non-hydrogen) atoms. The van der Waals surface area contributed by atoms with Crippen molar-refractivity contribution >= 4 is 11.9 Å². The maximum Gasteiger partial charge on any atom is 0.326 e. The molecule has 2 rings (SSSR count). The van der Waals surface area contributed by atoms with Crippen LogP contribution in [0.15, 0.2) is 43.0 Å². The number of amides is 1. The number of nitrogens with one attached hydrogen (secondary N) is 1. The van der Waals surface area contributed by atoms with Gasteiger partial charge in [0.05, 0.1) is 6.33 Å². The van der Waals surface area contributed by atoms with Gasteiger partial charge in [-0.05, 0) is 30.2 Å². The van der Waals surface area contributed by atoms with E-state index in [0.717, 1.165) is 5.69 Å². The standard InChI is InChI=1S/C15H17N3O3/c1-10(2)13(15(20)21)17-14(19)11-3-5-12(6-4-11)18-8-7-16-9-18/h3-10,13H,1-2H3,(H,17,19)(H,20,21)/t13-/m0/s1. The molecule has 1 amide bonds. The summed E-state index contributed by atoms with van der Waals surface area (Å²) < 4.78 is 1.82. The van der Waals surface area contributed by atoms with Crippen LogP contribution in [0, 0.1) is 5.92 Å². The molecule has 1 aromatic carbocycles. The highest BCUT2D eigenvalue weighted by atomic mass is 16.4. The van der Waals surface area contributed by atoms with Crippen molar-refractivity contribution in [1.82, 2.24) is 14.9 Å². The van der Waals surface area contributed by atoms with Crippen molar-refractivity contribution < 1.29 is 14.7 Å². The summed E-state index contributed by atoms with van der Waals surface area (Å²) in [5.41, 5.74) is 1.30. The number of hydrogen-bond acceptors (Lipinski definition) is 3. The van der Waals surface area contributed by atoms with Gasteiger partial charge in [-0.25, -0.2) is 9.78 Å². The Bertz CT molecular complexity index is 618. The van der Waals surface area contributed by atoms with Crippen LogP contribution in [0.4, 0.5) is 0 Å². The summed E-state index contributed by atoms with van der Waals surface area (Å²) in [5, 5.41) is 11.6. The van der Waals surface area contributed by atoms with E-state index in [2.05, 4.69) is 10.3 Å². The molecular weight excluding hydrogens is 270 g/mol. The smallest absolute Gasteiger partial charge is 0.326 e. The number of hydrogen-bond donors (Lipinski definition) is 2. The summed E-state index contributed by atoms with van der Waals surface area (Å²) in [7, 11) is 0. The molecule has 2 aromatic rings. The lowest BCUT2D eigenvalue weighted by atomic mass is 10.0. The van der Waals surface area contributed by atoms with E-state index in [1.165, 1.54) is 0 Å². The van der Waals surface area contributed by atoms with Gasteiger partial charge < -0.3 is 15.0 Å². The third-order valence-electron chi connectivity index (χ3n) is 3.15. The molecule has 0 bridgehead atoms. The lowest BCUT2D eigenvalue weighted by Gasteiger charge is -2.17. The van der Waals surface area contributed by atoms with Crippen LogP contribution in [0.25, 0.3) is 5.69 Å². The van der Waals surface area contributed by atoms with E-state index < -0.39 is 17.9 Å². The van der Waals surface area contributed by atoms with Crippen LogP contribution >= 0.6 is 0 Å². The quantitative estimate of drug-likeness (QED) is 0.876. The van der Waals surface area contributed by atoms with Crippen LogP contribution in [-0.4, -0.2) is 32.6 Å². The van der Waals surface area contributed by atoms with E-state index in [1.54, 1.807) is 56.8 Å². The molecular formula is C15H17N3O3. The number of aromatic nitrogens is 2. The summed E-state index contributed by atoms with van der Waals surface area (Å²) in [6, 6.07) is 5.97. The number of carboxylic acids is 1. The average molecular weight is 287 g/mol. The van der Waals surface area contributed by atoms with Crippen LogP contribution in [0.3, 0.4) is 0 Å². The Hall–Kier alpha value is -2.63. The van der Waals surface area contributed by atoms with Gasteiger partial charge in [0, 0.05) is 23.6 Å². The number of carbonyl (C=O) groups is 2. The zero-order valence-corrected chi connectivity index (χ0v) is 11.9. The molecule has 0 saturated heterocycles. The van der Waals surface area contributed by atoms with E-state index in [4.69, 9.17) is 5.11 Å². The van der Waals surface area contributed by atoms with Crippen LogP contribution in [0.5, 0.6) is 0 Å². The van der Waals surface area contributed by atoms with Crippen molar-refractivity contribution in [3.05, 3.63) is 48.5 Å². The summed E-state index contributed by atoms with van der Waals surface area (Å²) in [6.07, 6.45) is 5.13. The van der Waals surface area contributed by atoms with E-state index in [-0.39, 0.29) is 5.92 Å². The summed E-state index contributed by atoms with van der Waals surface area (Å²) in [5.74, 6) is -1.61. The van der Waals surface area contributed by atoms with Gasteiger partial charge in [0.1, 0.15) is 6.04 Å². The van der Waals surface area contributed by atoms with Crippen molar-refractivity contribution in [3.63, 3.8) is 0 Å². The average Bonchev–Trinajstić information content (AvgIpc) is 2.98. The highest BCUT2D eigenvalue weighted by Crippen LogP contribution is 2.10. The minimum absolute atomic E-state index is 0.184. The zero-order valence-electron chi connectivity index (χ0n) is 11.9. The van der Waals surface area contributed by atoms with Crippen molar-refractivity contribution in [2.75, 3.05) is 0 Å². The van der Waals surface area contributed by atoms with Crippen molar-refractivity contribution in [1.29, 1.82) is 0 Å². The van der Waals surface area contributed by atoms with Crippen LogP contribution < -0.4 is 5.32 Å². The third kappa shape index (κ3) is 3.47. The second kappa shape index (κ2) is 6.21. The van der Waals surface area contributed by atoms with Gasteiger partial charge in [-0.2, -0.15) is 0 Å². The van der Waals surface area contributed by atoms with Gasteiger partial charge in [0.15, 0.2) is 0 Å². The Morgan fingerprint density at radius 1 is 1.24 bits per heavy atom. The fraction of sp³-hybridized carbons (Fsp3) is 0.267. The van der Waals surface area contributed by atoms with Gasteiger partial charge >= 0.3 is 5.97 Å². The first-order valence-electron chi connectivity index (χ1n) is 6.61. The first-order valence-corrected chi connectivity index (χ1v) is 6.61. The second-order valence-electron chi connectivity index (χ2n) is 5.05. The highest BCUT2D eigenvalue weighted by molar-refractivity contribution is 5.96. The fourth-order valence-corrected chi connectivity index (χ4v) is 1.93. The van der Waals surface area contributed by atoms with E-state index >= 15 is 0 Å². The lowest BCUT2D eigenvalue weighted by Crippen LogP contribution is -2.44. The Morgan fingerprint density at radius 2 is 1.90 bits per heavy atom. The maximum absolute atomic E-state index is 12.1. The molecule has 1 atom stereocenters. The second-order valence-corrected chi connectivity index (χ2v) is 5.05. The number of aliphatic carboxylic acids is 1. The number of rotatable bonds is 5. The van der Waals surface area contributed by atoms with Gasteiger partial charge in [-0.15, -0.1) is 0 Å². The SMILES string of the molecule is CC(C)[C@H](NC(=O)c1ccc(-n2ccnc2)cc1)C(=O)O. The Balaban J connectivity index is 2.11. The highest BCUT2D eigenvalue weighted by Gasteiger charge is 2.23. The number of nitrogens with zero attached hydrogens (tertiary/aromatic N) is 2. The lowest BCUT2D eigenvalue weighted by molar-refractivity contribution is -0.140. The predicted molar refractivity (Wildman–Crippen MR) is 77.3 cm³/mol.